The topological polar surface area (TPSA) is 41.5 Å². The molecule has 2 aromatic rings. The molecule has 0 bridgehead atoms. The van der Waals surface area contributed by atoms with Crippen LogP contribution in [0.4, 0.5) is 0 Å². The van der Waals surface area contributed by atoms with Crippen molar-refractivity contribution in [2.45, 2.75) is 12.8 Å². The van der Waals surface area contributed by atoms with Crippen LogP contribution in [-0.4, -0.2) is 12.1 Å². The zero-order valence-electron chi connectivity index (χ0n) is 11.1. The van der Waals surface area contributed by atoms with Gasteiger partial charge in [-0.2, -0.15) is 5.10 Å². The lowest BCUT2D eigenvalue weighted by atomic mass is 10.0. The molecule has 0 radical (unpaired) electrons. The molecule has 102 valence electrons. The molecule has 0 aliphatic carbocycles. The minimum absolute atomic E-state index is 0.154. The van der Waals surface area contributed by atoms with E-state index < -0.39 is 0 Å². The van der Waals surface area contributed by atoms with Crippen molar-refractivity contribution >= 4 is 28.1 Å². The highest BCUT2D eigenvalue weighted by molar-refractivity contribution is 9.10. The third-order valence-electron chi connectivity index (χ3n) is 2.90. The van der Waals surface area contributed by atoms with Gasteiger partial charge in [-0.15, -0.1) is 0 Å². The van der Waals surface area contributed by atoms with Crippen LogP contribution in [0.15, 0.2) is 64.2 Å². The summed E-state index contributed by atoms with van der Waals surface area (Å²) in [4.78, 5) is 11.8. The summed E-state index contributed by atoms with van der Waals surface area (Å²) in [5, 5.41) is 4.01. The number of carbonyl (C=O) groups is 1. The van der Waals surface area contributed by atoms with E-state index in [-0.39, 0.29) is 11.8 Å². The fraction of sp³-hybridized carbons (Fsp3) is 0.125. The second-order valence-electron chi connectivity index (χ2n) is 4.43. The van der Waals surface area contributed by atoms with Gasteiger partial charge in [0.1, 0.15) is 0 Å². The Hall–Kier alpha value is -1.94. The highest BCUT2D eigenvalue weighted by Gasteiger charge is 2.04. The minimum atomic E-state index is -0.214. The fourth-order valence-corrected chi connectivity index (χ4v) is 1.98. The molecule has 0 spiro atoms. The van der Waals surface area contributed by atoms with Crippen LogP contribution in [0.3, 0.4) is 0 Å². The number of benzene rings is 2. The first kappa shape index (κ1) is 14.5. The van der Waals surface area contributed by atoms with Gasteiger partial charge < -0.3 is 0 Å². The fourth-order valence-electron chi connectivity index (χ4n) is 1.72. The van der Waals surface area contributed by atoms with Gasteiger partial charge in [0.25, 0.3) is 5.91 Å². The summed E-state index contributed by atoms with van der Waals surface area (Å²) < 4.78 is 0.940. The summed E-state index contributed by atoms with van der Waals surface area (Å²) in [5.74, 6) is -0.0598. The standard InChI is InChI=1S/C16H15BrN2O/c1-12(13-5-3-2-4-6-13)11-18-19-16(20)14-7-9-15(17)10-8-14/h2-12H,1H3,(H,19,20)/b18-11+. The van der Waals surface area contributed by atoms with E-state index in [1.807, 2.05) is 49.4 Å². The first-order valence-electron chi connectivity index (χ1n) is 6.31. The first-order chi connectivity index (χ1) is 9.66. The van der Waals surface area contributed by atoms with Gasteiger partial charge >= 0.3 is 0 Å². The Kier molecular flexibility index (Phi) is 5.07. The van der Waals surface area contributed by atoms with E-state index in [1.165, 1.54) is 0 Å². The maximum Gasteiger partial charge on any atom is 0.271 e. The van der Waals surface area contributed by atoms with Crippen molar-refractivity contribution in [3.8, 4) is 0 Å². The van der Waals surface area contributed by atoms with E-state index in [1.54, 1.807) is 18.3 Å². The van der Waals surface area contributed by atoms with Gasteiger partial charge in [-0.05, 0) is 29.8 Å². The van der Waals surface area contributed by atoms with Gasteiger partial charge in [-0.25, -0.2) is 5.43 Å². The number of nitrogens with zero attached hydrogens (tertiary/aromatic N) is 1. The second kappa shape index (κ2) is 7.01. The van der Waals surface area contributed by atoms with Gasteiger partial charge in [0.05, 0.1) is 0 Å². The lowest BCUT2D eigenvalue weighted by Crippen LogP contribution is -2.17. The van der Waals surface area contributed by atoms with E-state index >= 15 is 0 Å². The zero-order valence-corrected chi connectivity index (χ0v) is 12.7. The lowest BCUT2D eigenvalue weighted by Gasteiger charge is -2.05. The average Bonchev–Trinajstić information content (AvgIpc) is 2.48. The van der Waals surface area contributed by atoms with Crippen LogP contribution in [0.1, 0.15) is 28.8 Å². The first-order valence-corrected chi connectivity index (χ1v) is 7.10. The SMILES string of the molecule is CC(/C=N/NC(=O)c1ccc(Br)cc1)c1ccccc1. The van der Waals surface area contributed by atoms with Crippen LogP contribution in [0, 0.1) is 0 Å². The van der Waals surface area contributed by atoms with Gasteiger partial charge in [0, 0.05) is 22.2 Å². The van der Waals surface area contributed by atoms with Crippen LogP contribution in [-0.2, 0) is 0 Å². The molecule has 0 fully saturated rings. The summed E-state index contributed by atoms with van der Waals surface area (Å²) in [6.07, 6.45) is 1.73. The third-order valence-corrected chi connectivity index (χ3v) is 3.42. The van der Waals surface area contributed by atoms with Gasteiger partial charge in [-0.1, -0.05) is 53.2 Å². The molecule has 1 unspecified atom stereocenters. The Bertz CT molecular complexity index is 594. The molecule has 0 saturated carbocycles. The summed E-state index contributed by atoms with van der Waals surface area (Å²) in [5.41, 5.74) is 4.28. The predicted octanol–water partition coefficient (Wildman–Crippen LogP) is 3.97. The van der Waals surface area contributed by atoms with Crippen molar-refractivity contribution in [2.75, 3.05) is 0 Å². The maximum atomic E-state index is 11.8. The number of amides is 1. The van der Waals surface area contributed by atoms with Crippen molar-refractivity contribution < 1.29 is 4.79 Å². The van der Waals surface area contributed by atoms with Gasteiger partial charge in [0.15, 0.2) is 0 Å². The van der Waals surface area contributed by atoms with Crippen molar-refractivity contribution in [3.63, 3.8) is 0 Å². The van der Waals surface area contributed by atoms with E-state index in [2.05, 4.69) is 26.5 Å². The summed E-state index contributed by atoms with van der Waals surface area (Å²) in [6, 6.07) is 17.2. The predicted molar refractivity (Wildman–Crippen MR) is 85.0 cm³/mol. The van der Waals surface area contributed by atoms with Gasteiger partial charge in [0.2, 0.25) is 0 Å². The van der Waals surface area contributed by atoms with E-state index in [4.69, 9.17) is 0 Å². The molecular weight excluding hydrogens is 316 g/mol. The molecular formula is C16H15BrN2O. The second-order valence-corrected chi connectivity index (χ2v) is 5.34. The average molecular weight is 331 g/mol. The lowest BCUT2D eigenvalue weighted by molar-refractivity contribution is 0.0955. The monoisotopic (exact) mass is 330 g/mol. The number of nitrogens with one attached hydrogen (secondary N) is 1. The normalized spacial score (nSPS) is 12.3. The highest BCUT2D eigenvalue weighted by Crippen LogP contribution is 2.12. The molecule has 1 amide bonds. The molecule has 2 rings (SSSR count). The number of halogens is 1. The Balaban J connectivity index is 1.93. The zero-order chi connectivity index (χ0) is 14.4. The quantitative estimate of drug-likeness (QED) is 0.668. The summed E-state index contributed by atoms with van der Waals surface area (Å²) in [6.45, 7) is 2.03. The van der Waals surface area contributed by atoms with Crippen LogP contribution in [0.2, 0.25) is 0 Å². The molecule has 1 atom stereocenters. The number of rotatable bonds is 4. The Morgan fingerprint density at radius 2 is 1.80 bits per heavy atom. The Morgan fingerprint density at radius 1 is 1.15 bits per heavy atom. The molecule has 4 heteroatoms. The van der Waals surface area contributed by atoms with Crippen LogP contribution in [0.25, 0.3) is 0 Å². The molecule has 1 N–H and O–H groups in total. The molecule has 3 nitrogen and oxygen atoms in total. The number of hydrogen-bond donors (Lipinski definition) is 1. The van der Waals surface area contributed by atoms with Crippen molar-refractivity contribution in [1.29, 1.82) is 0 Å². The molecule has 0 saturated heterocycles. The smallest absolute Gasteiger partial charge is 0.267 e. The number of hydrogen-bond acceptors (Lipinski definition) is 2. The third kappa shape index (κ3) is 4.03. The van der Waals surface area contributed by atoms with E-state index in [0.717, 1.165) is 10.0 Å². The maximum absolute atomic E-state index is 11.8. The van der Waals surface area contributed by atoms with Crippen LogP contribution in [0.5, 0.6) is 0 Å². The molecule has 0 aromatic heterocycles. The van der Waals surface area contributed by atoms with Crippen LogP contribution < -0.4 is 5.43 Å². The van der Waals surface area contributed by atoms with Gasteiger partial charge in [-0.3, -0.25) is 4.79 Å². The molecule has 0 aliphatic rings. The van der Waals surface area contributed by atoms with E-state index in [9.17, 15) is 4.79 Å². The van der Waals surface area contributed by atoms with Crippen molar-refractivity contribution in [2.24, 2.45) is 5.10 Å². The highest BCUT2D eigenvalue weighted by atomic mass is 79.9. The van der Waals surface area contributed by atoms with Crippen LogP contribution >= 0.6 is 15.9 Å². The molecule has 0 heterocycles. The van der Waals surface area contributed by atoms with Crippen molar-refractivity contribution in [1.82, 2.24) is 5.43 Å². The summed E-state index contributed by atoms with van der Waals surface area (Å²) >= 11 is 3.33. The Morgan fingerprint density at radius 3 is 2.45 bits per heavy atom. The molecule has 20 heavy (non-hydrogen) atoms. The largest absolute Gasteiger partial charge is 0.271 e. The molecule has 0 aliphatic heterocycles. The Labute approximate surface area is 126 Å². The minimum Gasteiger partial charge on any atom is -0.267 e. The summed E-state index contributed by atoms with van der Waals surface area (Å²) in [7, 11) is 0. The molecule has 2 aromatic carbocycles. The number of hydrazone groups is 1. The number of carbonyl (C=O) groups excluding carboxylic acids is 1. The van der Waals surface area contributed by atoms with E-state index in [0.29, 0.717) is 5.56 Å². The van der Waals surface area contributed by atoms with Crippen molar-refractivity contribution in [3.05, 3.63) is 70.2 Å².